The van der Waals surface area contributed by atoms with E-state index in [-0.39, 0.29) is 11.9 Å². The smallest absolute Gasteiger partial charge is 0.245 e. The maximum Gasteiger partial charge on any atom is 0.245 e. The van der Waals surface area contributed by atoms with Gasteiger partial charge in [0.1, 0.15) is 6.04 Å². The molecule has 2 aliphatic heterocycles. The number of hydrogen-bond donors (Lipinski definition) is 1. The van der Waals surface area contributed by atoms with Crippen molar-refractivity contribution in [1.82, 2.24) is 15.2 Å². The molecule has 1 aromatic rings. The number of hydrogen-bond acceptors (Lipinski definition) is 5. The molecule has 3 rings (SSSR count). The molecule has 0 saturated carbocycles. The van der Waals surface area contributed by atoms with Gasteiger partial charge in [-0.15, -0.1) is 0 Å². The molecular formula is C15H22N4O2. The highest BCUT2D eigenvalue weighted by molar-refractivity contribution is 5.86. The maximum atomic E-state index is 12.7. The summed E-state index contributed by atoms with van der Waals surface area (Å²) >= 11 is 0. The summed E-state index contributed by atoms with van der Waals surface area (Å²) in [5.74, 6) is 0.845. The van der Waals surface area contributed by atoms with Gasteiger partial charge in [-0.3, -0.25) is 4.79 Å². The van der Waals surface area contributed by atoms with E-state index in [2.05, 4.69) is 15.2 Å². The monoisotopic (exact) mass is 290 g/mol. The molecule has 2 saturated heterocycles. The first-order chi connectivity index (χ1) is 10.3. The molecule has 2 aliphatic rings. The lowest BCUT2D eigenvalue weighted by Crippen LogP contribution is -2.52. The number of carbonyl (C=O) groups excluding carboxylic acids is 1. The molecule has 1 aromatic heterocycles. The quantitative estimate of drug-likeness (QED) is 0.878. The van der Waals surface area contributed by atoms with Gasteiger partial charge < -0.3 is 19.9 Å². The molecule has 2 fully saturated rings. The van der Waals surface area contributed by atoms with Crippen molar-refractivity contribution in [3.63, 3.8) is 0 Å². The van der Waals surface area contributed by atoms with E-state index >= 15 is 0 Å². The maximum absolute atomic E-state index is 12.7. The number of nitrogens with one attached hydrogen (secondary N) is 1. The Balaban J connectivity index is 1.76. The van der Waals surface area contributed by atoms with Crippen LogP contribution in [0.2, 0.25) is 0 Å². The van der Waals surface area contributed by atoms with Crippen LogP contribution >= 0.6 is 0 Å². The second-order valence-electron chi connectivity index (χ2n) is 5.48. The molecule has 0 radical (unpaired) electrons. The lowest BCUT2D eigenvalue weighted by molar-refractivity contribution is -0.132. The van der Waals surface area contributed by atoms with Crippen LogP contribution in [0.5, 0.6) is 5.88 Å². The van der Waals surface area contributed by atoms with Crippen molar-refractivity contribution in [3.05, 3.63) is 18.3 Å². The lowest BCUT2D eigenvalue weighted by atomic mass is 10.1. The third kappa shape index (κ3) is 2.95. The fourth-order valence-electron chi connectivity index (χ4n) is 3.12. The zero-order valence-corrected chi connectivity index (χ0v) is 12.4. The van der Waals surface area contributed by atoms with E-state index in [4.69, 9.17) is 4.74 Å². The van der Waals surface area contributed by atoms with Gasteiger partial charge in [0.2, 0.25) is 11.8 Å². The fraction of sp³-hybridized carbons (Fsp3) is 0.600. The van der Waals surface area contributed by atoms with Crippen LogP contribution in [-0.2, 0) is 4.79 Å². The highest BCUT2D eigenvalue weighted by Gasteiger charge is 2.34. The Hall–Kier alpha value is -1.82. The molecular weight excluding hydrogens is 268 g/mol. The third-order valence-corrected chi connectivity index (χ3v) is 4.23. The minimum Gasteiger partial charge on any atom is -0.481 e. The van der Waals surface area contributed by atoms with Crippen LogP contribution in [0.1, 0.15) is 12.8 Å². The van der Waals surface area contributed by atoms with E-state index in [0.717, 1.165) is 51.3 Å². The summed E-state index contributed by atoms with van der Waals surface area (Å²) in [7, 11) is 1.61. The molecule has 114 valence electrons. The van der Waals surface area contributed by atoms with Gasteiger partial charge in [-0.25, -0.2) is 4.98 Å². The Morgan fingerprint density at radius 1 is 1.38 bits per heavy atom. The SMILES string of the molecule is COc1cc(N2CCCC2C(=O)N2CCNCC2)ccn1. The van der Waals surface area contributed by atoms with Crippen LogP contribution in [0.3, 0.4) is 0 Å². The van der Waals surface area contributed by atoms with Gasteiger partial charge >= 0.3 is 0 Å². The Morgan fingerprint density at radius 3 is 2.95 bits per heavy atom. The Kier molecular flexibility index (Phi) is 4.24. The van der Waals surface area contributed by atoms with Gasteiger partial charge in [0.15, 0.2) is 0 Å². The summed E-state index contributed by atoms with van der Waals surface area (Å²) in [4.78, 5) is 21.1. The number of amides is 1. The lowest BCUT2D eigenvalue weighted by Gasteiger charge is -2.33. The van der Waals surface area contributed by atoms with Crippen LogP contribution in [0.15, 0.2) is 18.3 Å². The molecule has 6 heteroatoms. The molecule has 0 spiro atoms. The van der Waals surface area contributed by atoms with Crippen LogP contribution in [0.25, 0.3) is 0 Å². The summed E-state index contributed by atoms with van der Waals surface area (Å²) in [5.41, 5.74) is 1.02. The number of aromatic nitrogens is 1. The number of anilines is 1. The van der Waals surface area contributed by atoms with E-state index < -0.39 is 0 Å². The van der Waals surface area contributed by atoms with Crippen LogP contribution in [-0.4, -0.2) is 61.7 Å². The first-order valence-electron chi connectivity index (χ1n) is 7.56. The topological polar surface area (TPSA) is 57.7 Å². The number of carbonyl (C=O) groups is 1. The second kappa shape index (κ2) is 6.30. The van der Waals surface area contributed by atoms with Crippen molar-refractivity contribution in [3.8, 4) is 5.88 Å². The summed E-state index contributed by atoms with van der Waals surface area (Å²) in [6, 6.07) is 3.81. The van der Waals surface area contributed by atoms with E-state index in [0.29, 0.717) is 5.88 Å². The molecule has 1 amide bonds. The normalized spacial score (nSPS) is 22.4. The number of methoxy groups -OCH3 is 1. The second-order valence-corrected chi connectivity index (χ2v) is 5.48. The highest BCUT2D eigenvalue weighted by Crippen LogP contribution is 2.28. The molecule has 0 bridgehead atoms. The Bertz CT molecular complexity index is 502. The molecule has 1 N–H and O–H groups in total. The molecule has 0 aromatic carbocycles. The van der Waals surface area contributed by atoms with Crippen molar-refractivity contribution in [2.24, 2.45) is 0 Å². The third-order valence-electron chi connectivity index (χ3n) is 4.23. The number of piperazine rings is 1. The van der Waals surface area contributed by atoms with Gasteiger partial charge in [0, 0.05) is 50.7 Å². The number of rotatable bonds is 3. The van der Waals surface area contributed by atoms with Crippen molar-refractivity contribution < 1.29 is 9.53 Å². The summed E-state index contributed by atoms with van der Waals surface area (Å²) in [6.07, 6.45) is 3.71. The van der Waals surface area contributed by atoms with Gasteiger partial charge in [-0.05, 0) is 18.9 Å². The first kappa shape index (κ1) is 14.1. The first-order valence-corrected chi connectivity index (χ1v) is 7.56. The minimum absolute atomic E-state index is 0.0461. The van der Waals surface area contributed by atoms with E-state index in [1.807, 2.05) is 17.0 Å². The van der Waals surface area contributed by atoms with Gasteiger partial charge in [0.25, 0.3) is 0 Å². The number of nitrogens with zero attached hydrogens (tertiary/aromatic N) is 3. The average Bonchev–Trinajstić information content (AvgIpc) is 3.04. The minimum atomic E-state index is -0.0461. The highest BCUT2D eigenvalue weighted by atomic mass is 16.5. The zero-order valence-electron chi connectivity index (χ0n) is 12.4. The standard InChI is InChI=1S/C15H22N4O2/c1-21-14-11-12(4-5-17-14)19-8-2-3-13(19)15(20)18-9-6-16-7-10-18/h4-5,11,13,16H,2-3,6-10H2,1H3. The van der Waals surface area contributed by atoms with Gasteiger partial charge in [0.05, 0.1) is 7.11 Å². The summed E-state index contributed by atoms with van der Waals surface area (Å²) in [5, 5.41) is 3.29. The number of ether oxygens (including phenoxy) is 1. The molecule has 1 unspecified atom stereocenters. The van der Waals surface area contributed by atoms with Crippen molar-refractivity contribution >= 4 is 11.6 Å². The molecule has 6 nitrogen and oxygen atoms in total. The van der Waals surface area contributed by atoms with Gasteiger partial charge in [-0.2, -0.15) is 0 Å². The van der Waals surface area contributed by atoms with Crippen LogP contribution in [0.4, 0.5) is 5.69 Å². The average molecular weight is 290 g/mol. The molecule has 3 heterocycles. The Labute approximate surface area is 125 Å². The van der Waals surface area contributed by atoms with Crippen molar-refractivity contribution in [2.75, 3.05) is 44.7 Å². The van der Waals surface area contributed by atoms with E-state index in [9.17, 15) is 4.79 Å². The summed E-state index contributed by atoms with van der Waals surface area (Å²) in [6.45, 7) is 4.31. The molecule has 21 heavy (non-hydrogen) atoms. The summed E-state index contributed by atoms with van der Waals surface area (Å²) < 4.78 is 5.19. The number of pyridine rings is 1. The molecule has 1 atom stereocenters. The van der Waals surface area contributed by atoms with Crippen molar-refractivity contribution in [1.29, 1.82) is 0 Å². The van der Waals surface area contributed by atoms with E-state index in [1.165, 1.54) is 0 Å². The predicted molar refractivity (Wildman–Crippen MR) is 80.6 cm³/mol. The fourth-order valence-corrected chi connectivity index (χ4v) is 3.12. The molecule has 0 aliphatic carbocycles. The van der Waals surface area contributed by atoms with Crippen LogP contribution < -0.4 is 15.0 Å². The van der Waals surface area contributed by atoms with E-state index in [1.54, 1.807) is 13.3 Å². The Morgan fingerprint density at radius 2 is 2.19 bits per heavy atom. The predicted octanol–water partition coefficient (Wildman–Crippen LogP) is 0.491. The van der Waals surface area contributed by atoms with Crippen LogP contribution in [0, 0.1) is 0 Å². The van der Waals surface area contributed by atoms with Gasteiger partial charge in [-0.1, -0.05) is 0 Å². The largest absolute Gasteiger partial charge is 0.481 e. The van der Waals surface area contributed by atoms with Crippen molar-refractivity contribution in [2.45, 2.75) is 18.9 Å². The zero-order chi connectivity index (χ0) is 14.7.